The van der Waals surface area contributed by atoms with Gasteiger partial charge < -0.3 is 9.88 Å². The number of aromatic nitrogens is 2. The lowest BCUT2D eigenvalue weighted by Gasteiger charge is -2.23. The number of hydrogen-bond donors (Lipinski definition) is 1. The van der Waals surface area contributed by atoms with Crippen LogP contribution < -0.4 is 5.32 Å². The molecule has 1 aliphatic rings. The average Bonchev–Trinajstić information content (AvgIpc) is 2.98. The highest BCUT2D eigenvalue weighted by atomic mass is 32.1. The molecule has 3 heterocycles. The summed E-state index contributed by atoms with van der Waals surface area (Å²) in [5, 5.41) is 5.69. The van der Waals surface area contributed by atoms with Gasteiger partial charge in [-0.15, -0.1) is 11.3 Å². The zero-order chi connectivity index (χ0) is 11.5. The Kier molecular flexibility index (Phi) is 3.25. The second kappa shape index (κ2) is 5.02. The van der Waals surface area contributed by atoms with Crippen LogP contribution in [-0.2, 0) is 19.5 Å². The summed E-state index contributed by atoms with van der Waals surface area (Å²) in [6.07, 6.45) is 6.39. The van der Waals surface area contributed by atoms with Crippen LogP contribution in [0.5, 0.6) is 0 Å². The molecule has 0 fully saturated rings. The summed E-state index contributed by atoms with van der Waals surface area (Å²) in [7, 11) is 0. The summed E-state index contributed by atoms with van der Waals surface area (Å²) < 4.78 is 2.29. The molecule has 0 bridgehead atoms. The molecule has 1 N–H and O–H groups in total. The van der Waals surface area contributed by atoms with Crippen molar-refractivity contribution in [3.8, 4) is 0 Å². The number of imidazole rings is 1. The first-order valence-electron chi connectivity index (χ1n) is 6.15. The first-order chi connectivity index (χ1) is 8.42. The lowest BCUT2D eigenvalue weighted by molar-refractivity contribution is 0.348. The minimum atomic E-state index is 0.747. The van der Waals surface area contributed by atoms with Gasteiger partial charge in [0.05, 0.1) is 0 Å². The van der Waals surface area contributed by atoms with Gasteiger partial charge in [0.25, 0.3) is 0 Å². The van der Waals surface area contributed by atoms with Gasteiger partial charge in [0.15, 0.2) is 0 Å². The van der Waals surface area contributed by atoms with Gasteiger partial charge in [-0.3, -0.25) is 0 Å². The van der Waals surface area contributed by atoms with E-state index >= 15 is 0 Å². The molecule has 0 spiro atoms. The van der Waals surface area contributed by atoms with E-state index in [1.165, 1.54) is 17.1 Å². The van der Waals surface area contributed by atoms with Gasteiger partial charge in [0.1, 0.15) is 5.82 Å². The van der Waals surface area contributed by atoms with Gasteiger partial charge in [-0.25, -0.2) is 4.98 Å². The Hall–Kier alpha value is -1.13. The van der Waals surface area contributed by atoms with Crippen molar-refractivity contribution in [1.82, 2.24) is 14.9 Å². The standard InChI is InChI=1S/C13H17N3S/c1-2-12(17-7-1)9-14-8-11-3-4-13-15-5-6-16(13)10-11/h1-2,5-7,11,14H,3-4,8-10H2/t11-/m1/s1. The van der Waals surface area contributed by atoms with Gasteiger partial charge in [-0.1, -0.05) is 6.07 Å². The number of nitrogens with one attached hydrogen (secondary N) is 1. The number of fused-ring (bicyclic) bond motifs is 1. The maximum Gasteiger partial charge on any atom is 0.108 e. The Morgan fingerprint density at radius 2 is 2.53 bits per heavy atom. The van der Waals surface area contributed by atoms with Crippen molar-refractivity contribution < 1.29 is 0 Å². The first-order valence-corrected chi connectivity index (χ1v) is 7.03. The number of hydrogen-bond acceptors (Lipinski definition) is 3. The molecule has 0 unspecified atom stereocenters. The smallest absolute Gasteiger partial charge is 0.108 e. The molecule has 0 saturated carbocycles. The van der Waals surface area contributed by atoms with E-state index in [-0.39, 0.29) is 0 Å². The van der Waals surface area contributed by atoms with Crippen LogP contribution in [0.15, 0.2) is 29.9 Å². The van der Waals surface area contributed by atoms with Crippen molar-refractivity contribution in [2.24, 2.45) is 5.92 Å². The molecule has 3 rings (SSSR count). The topological polar surface area (TPSA) is 29.9 Å². The van der Waals surface area contributed by atoms with Crippen molar-refractivity contribution >= 4 is 11.3 Å². The molecule has 17 heavy (non-hydrogen) atoms. The monoisotopic (exact) mass is 247 g/mol. The molecule has 4 heteroatoms. The summed E-state index contributed by atoms with van der Waals surface area (Å²) in [4.78, 5) is 5.78. The van der Waals surface area contributed by atoms with Crippen molar-refractivity contribution in [2.75, 3.05) is 6.54 Å². The van der Waals surface area contributed by atoms with Crippen molar-refractivity contribution in [3.63, 3.8) is 0 Å². The van der Waals surface area contributed by atoms with Crippen LogP contribution in [0.25, 0.3) is 0 Å². The predicted molar refractivity (Wildman–Crippen MR) is 70.1 cm³/mol. The van der Waals surface area contributed by atoms with Crippen LogP contribution in [0, 0.1) is 5.92 Å². The second-order valence-corrected chi connectivity index (χ2v) is 5.64. The molecule has 2 aromatic heterocycles. The summed E-state index contributed by atoms with van der Waals surface area (Å²) >= 11 is 1.82. The SMILES string of the molecule is c1csc(CNC[C@H]2CCc3nccn3C2)c1. The Balaban J connectivity index is 1.48. The second-order valence-electron chi connectivity index (χ2n) is 4.61. The molecule has 3 nitrogen and oxygen atoms in total. The Morgan fingerprint density at radius 3 is 3.41 bits per heavy atom. The Morgan fingerprint density at radius 1 is 1.53 bits per heavy atom. The normalized spacial score (nSPS) is 19.2. The zero-order valence-electron chi connectivity index (χ0n) is 9.80. The third-order valence-corrected chi connectivity index (χ3v) is 4.22. The molecular formula is C13H17N3S. The summed E-state index contributed by atoms with van der Waals surface area (Å²) in [5.41, 5.74) is 0. The van der Waals surface area contributed by atoms with Gasteiger partial charge in [-0.05, 0) is 23.8 Å². The molecule has 0 saturated heterocycles. The molecule has 0 aliphatic carbocycles. The van der Waals surface area contributed by atoms with Crippen molar-refractivity contribution in [2.45, 2.75) is 25.9 Å². The summed E-state index contributed by atoms with van der Waals surface area (Å²) in [6, 6.07) is 4.30. The minimum Gasteiger partial charge on any atom is -0.335 e. The van der Waals surface area contributed by atoms with E-state index in [0.29, 0.717) is 0 Å². The number of rotatable bonds is 4. The molecule has 90 valence electrons. The summed E-state index contributed by atoms with van der Waals surface area (Å²) in [6.45, 7) is 3.23. The maximum atomic E-state index is 4.36. The highest BCUT2D eigenvalue weighted by Gasteiger charge is 2.17. The lowest BCUT2D eigenvalue weighted by atomic mass is 9.99. The van der Waals surface area contributed by atoms with E-state index < -0.39 is 0 Å². The molecule has 1 atom stereocenters. The molecular weight excluding hydrogens is 230 g/mol. The van der Waals surface area contributed by atoms with Gasteiger partial charge >= 0.3 is 0 Å². The largest absolute Gasteiger partial charge is 0.335 e. The van der Waals surface area contributed by atoms with Crippen LogP contribution in [0.2, 0.25) is 0 Å². The van der Waals surface area contributed by atoms with Crippen LogP contribution >= 0.6 is 11.3 Å². The van der Waals surface area contributed by atoms with Gasteiger partial charge in [0.2, 0.25) is 0 Å². The third-order valence-electron chi connectivity index (χ3n) is 3.35. The highest BCUT2D eigenvalue weighted by Crippen LogP contribution is 2.18. The number of aryl methyl sites for hydroxylation is 1. The molecule has 2 aromatic rings. The van der Waals surface area contributed by atoms with Crippen LogP contribution in [-0.4, -0.2) is 16.1 Å². The lowest BCUT2D eigenvalue weighted by Crippen LogP contribution is -2.29. The molecule has 1 aliphatic heterocycles. The minimum absolute atomic E-state index is 0.747. The van der Waals surface area contributed by atoms with E-state index in [1.807, 2.05) is 17.5 Å². The van der Waals surface area contributed by atoms with Crippen molar-refractivity contribution in [3.05, 3.63) is 40.6 Å². The Bertz CT molecular complexity index is 461. The maximum absolute atomic E-state index is 4.36. The fourth-order valence-electron chi connectivity index (χ4n) is 2.42. The predicted octanol–water partition coefficient (Wildman–Crippen LogP) is 2.30. The van der Waals surface area contributed by atoms with Gasteiger partial charge in [0, 0.05) is 43.3 Å². The van der Waals surface area contributed by atoms with E-state index in [2.05, 4.69) is 38.6 Å². The quantitative estimate of drug-likeness (QED) is 0.898. The average molecular weight is 247 g/mol. The zero-order valence-corrected chi connectivity index (χ0v) is 10.6. The number of thiophene rings is 1. The molecule has 0 aromatic carbocycles. The van der Waals surface area contributed by atoms with E-state index in [1.54, 1.807) is 0 Å². The first kappa shape index (κ1) is 11.0. The van der Waals surface area contributed by atoms with E-state index in [0.717, 1.165) is 32.0 Å². The molecule has 0 amide bonds. The van der Waals surface area contributed by atoms with Crippen LogP contribution in [0.1, 0.15) is 17.1 Å². The van der Waals surface area contributed by atoms with Gasteiger partial charge in [-0.2, -0.15) is 0 Å². The Labute approximate surface area is 106 Å². The third kappa shape index (κ3) is 2.58. The fraction of sp³-hybridized carbons (Fsp3) is 0.462. The fourth-order valence-corrected chi connectivity index (χ4v) is 3.09. The number of nitrogens with zero attached hydrogens (tertiary/aromatic N) is 2. The molecule has 0 radical (unpaired) electrons. The summed E-state index contributed by atoms with van der Waals surface area (Å²) in [5.74, 6) is 2.00. The van der Waals surface area contributed by atoms with Crippen LogP contribution in [0.4, 0.5) is 0 Å². The van der Waals surface area contributed by atoms with E-state index in [9.17, 15) is 0 Å². The van der Waals surface area contributed by atoms with E-state index in [4.69, 9.17) is 0 Å². The highest BCUT2D eigenvalue weighted by molar-refractivity contribution is 7.09. The van der Waals surface area contributed by atoms with Crippen molar-refractivity contribution in [1.29, 1.82) is 0 Å². The van der Waals surface area contributed by atoms with Crippen LogP contribution in [0.3, 0.4) is 0 Å².